The molecule has 88 valence electrons. The number of β-amino-alcohol motifs (C(OH)–C–C–N with tert-alkyl or cyclic N) is 1. The van der Waals surface area contributed by atoms with E-state index in [1.54, 1.807) is 0 Å². The lowest BCUT2D eigenvalue weighted by molar-refractivity contribution is 0.0156. The molecule has 2 heteroatoms. The van der Waals surface area contributed by atoms with Crippen molar-refractivity contribution in [2.75, 3.05) is 13.1 Å². The molecule has 0 aromatic rings. The van der Waals surface area contributed by atoms with E-state index in [2.05, 4.69) is 11.8 Å². The lowest BCUT2D eigenvalue weighted by Gasteiger charge is -2.42. The Hall–Kier alpha value is -0.0800. The quantitative estimate of drug-likeness (QED) is 0.758. The number of aliphatic hydroxyl groups is 1. The van der Waals surface area contributed by atoms with Gasteiger partial charge in [-0.25, -0.2) is 0 Å². The van der Waals surface area contributed by atoms with Crippen molar-refractivity contribution in [2.45, 2.75) is 64.0 Å². The van der Waals surface area contributed by atoms with Crippen LogP contribution < -0.4 is 0 Å². The van der Waals surface area contributed by atoms with Crippen molar-refractivity contribution in [2.24, 2.45) is 5.92 Å². The fourth-order valence-electron chi connectivity index (χ4n) is 3.43. The van der Waals surface area contributed by atoms with Gasteiger partial charge in [0.1, 0.15) is 0 Å². The Morgan fingerprint density at radius 3 is 2.67 bits per heavy atom. The van der Waals surface area contributed by atoms with Crippen molar-refractivity contribution >= 4 is 0 Å². The fraction of sp³-hybridized carbons (Fsp3) is 1.00. The first-order valence-corrected chi connectivity index (χ1v) is 6.73. The minimum Gasteiger partial charge on any atom is -0.392 e. The van der Waals surface area contributed by atoms with E-state index in [-0.39, 0.29) is 6.10 Å². The summed E-state index contributed by atoms with van der Waals surface area (Å²) in [6.07, 6.45) is 9.06. The van der Waals surface area contributed by atoms with Crippen LogP contribution in [0.25, 0.3) is 0 Å². The van der Waals surface area contributed by atoms with Crippen LogP contribution in [0.4, 0.5) is 0 Å². The summed E-state index contributed by atoms with van der Waals surface area (Å²) < 4.78 is 0. The Morgan fingerprint density at radius 2 is 1.93 bits per heavy atom. The molecule has 0 amide bonds. The predicted molar refractivity (Wildman–Crippen MR) is 62.9 cm³/mol. The van der Waals surface area contributed by atoms with Crippen LogP contribution in [0.5, 0.6) is 0 Å². The van der Waals surface area contributed by atoms with Gasteiger partial charge in [-0.05, 0) is 38.1 Å². The number of aliphatic hydroxyl groups excluding tert-OH is 1. The molecule has 1 heterocycles. The fourth-order valence-corrected chi connectivity index (χ4v) is 3.43. The van der Waals surface area contributed by atoms with Gasteiger partial charge < -0.3 is 5.11 Å². The second-order valence-corrected chi connectivity index (χ2v) is 5.31. The molecular weight excluding hydrogens is 186 g/mol. The zero-order valence-electron chi connectivity index (χ0n) is 9.99. The van der Waals surface area contributed by atoms with Crippen molar-refractivity contribution in [1.29, 1.82) is 0 Å². The van der Waals surface area contributed by atoms with Crippen LogP contribution in [-0.4, -0.2) is 35.2 Å². The van der Waals surface area contributed by atoms with Gasteiger partial charge in [-0.3, -0.25) is 4.90 Å². The Labute approximate surface area is 93.7 Å². The maximum Gasteiger partial charge on any atom is 0.0667 e. The van der Waals surface area contributed by atoms with Crippen molar-refractivity contribution in [1.82, 2.24) is 4.90 Å². The van der Waals surface area contributed by atoms with Gasteiger partial charge in [-0.15, -0.1) is 0 Å². The molecule has 1 saturated carbocycles. The van der Waals surface area contributed by atoms with Crippen molar-refractivity contribution < 1.29 is 5.11 Å². The number of rotatable bonds is 2. The summed E-state index contributed by atoms with van der Waals surface area (Å²) in [6.45, 7) is 4.47. The first-order valence-electron chi connectivity index (χ1n) is 6.73. The van der Waals surface area contributed by atoms with E-state index in [1.165, 1.54) is 45.1 Å². The molecule has 1 aliphatic heterocycles. The van der Waals surface area contributed by atoms with Crippen LogP contribution in [0, 0.1) is 5.92 Å². The third kappa shape index (κ3) is 2.73. The molecule has 0 bridgehead atoms. The van der Waals surface area contributed by atoms with Crippen LogP contribution in [-0.2, 0) is 0 Å². The Morgan fingerprint density at radius 1 is 1.13 bits per heavy atom. The first-order chi connectivity index (χ1) is 7.31. The van der Waals surface area contributed by atoms with E-state index < -0.39 is 0 Å². The van der Waals surface area contributed by atoms with Gasteiger partial charge in [0.2, 0.25) is 0 Å². The molecule has 0 radical (unpaired) electrons. The molecule has 0 spiro atoms. The number of hydrogen-bond donors (Lipinski definition) is 1. The van der Waals surface area contributed by atoms with E-state index in [9.17, 15) is 5.11 Å². The van der Waals surface area contributed by atoms with E-state index in [1.807, 2.05) is 0 Å². The highest BCUT2D eigenvalue weighted by Crippen LogP contribution is 2.32. The molecule has 1 aliphatic carbocycles. The highest BCUT2D eigenvalue weighted by atomic mass is 16.3. The Balaban J connectivity index is 1.94. The molecule has 2 fully saturated rings. The minimum atomic E-state index is -0.0572. The van der Waals surface area contributed by atoms with Gasteiger partial charge in [-0.2, -0.15) is 0 Å². The van der Waals surface area contributed by atoms with Gasteiger partial charge >= 0.3 is 0 Å². The summed E-state index contributed by atoms with van der Waals surface area (Å²) in [5.74, 6) is 0.893. The average molecular weight is 211 g/mol. The molecular formula is C13H25NO. The van der Waals surface area contributed by atoms with Crippen LogP contribution in [0.3, 0.4) is 0 Å². The average Bonchev–Trinajstić information content (AvgIpc) is 2.29. The summed E-state index contributed by atoms with van der Waals surface area (Å²) in [5.41, 5.74) is 0. The summed E-state index contributed by atoms with van der Waals surface area (Å²) in [6, 6.07) is 0.777. The third-order valence-corrected chi connectivity index (χ3v) is 4.29. The Kier molecular flexibility index (Phi) is 4.04. The molecule has 3 atom stereocenters. The van der Waals surface area contributed by atoms with E-state index in [0.717, 1.165) is 24.9 Å². The van der Waals surface area contributed by atoms with Crippen LogP contribution in [0.2, 0.25) is 0 Å². The van der Waals surface area contributed by atoms with Gasteiger partial charge in [0.25, 0.3) is 0 Å². The molecule has 2 nitrogen and oxygen atoms in total. The van der Waals surface area contributed by atoms with Gasteiger partial charge in [0, 0.05) is 12.6 Å². The van der Waals surface area contributed by atoms with E-state index in [4.69, 9.17) is 0 Å². The monoisotopic (exact) mass is 211 g/mol. The van der Waals surface area contributed by atoms with E-state index in [0.29, 0.717) is 0 Å². The Bertz CT molecular complexity index is 195. The first kappa shape index (κ1) is 11.4. The normalized spacial score (nSPS) is 39.2. The zero-order chi connectivity index (χ0) is 10.7. The highest BCUT2D eigenvalue weighted by molar-refractivity contribution is 4.85. The second kappa shape index (κ2) is 5.31. The second-order valence-electron chi connectivity index (χ2n) is 5.31. The lowest BCUT2D eigenvalue weighted by atomic mass is 9.81. The van der Waals surface area contributed by atoms with Gasteiger partial charge in [0.15, 0.2) is 0 Å². The molecule has 15 heavy (non-hydrogen) atoms. The molecule has 0 aromatic carbocycles. The summed E-state index contributed by atoms with van der Waals surface area (Å²) in [7, 11) is 0. The topological polar surface area (TPSA) is 23.5 Å². The third-order valence-electron chi connectivity index (χ3n) is 4.29. The number of hydrogen-bond acceptors (Lipinski definition) is 2. The maximum absolute atomic E-state index is 9.73. The maximum atomic E-state index is 9.73. The minimum absolute atomic E-state index is 0.0572. The molecule has 0 aromatic heterocycles. The molecule has 1 N–H and O–H groups in total. The standard InChI is InChI=1S/C13H25NO/c1-2-11-6-3-4-8-13(11)14-9-5-7-12(15)10-14/h11-13,15H,2-10H2,1H3/t11?,12-,13?/m0/s1. The highest BCUT2D eigenvalue weighted by Gasteiger charge is 2.31. The summed E-state index contributed by atoms with van der Waals surface area (Å²) in [4.78, 5) is 2.57. The molecule has 1 saturated heterocycles. The molecule has 2 aliphatic rings. The van der Waals surface area contributed by atoms with Crippen LogP contribution >= 0.6 is 0 Å². The van der Waals surface area contributed by atoms with Crippen molar-refractivity contribution in [3.05, 3.63) is 0 Å². The van der Waals surface area contributed by atoms with Gasteiger partial charge in [-0.1, -0.05) is 26.2 Å². The predicted octanol–water partition coefficient (Wildman–Crippen LogP) is 2.41. The van der Waals surface area contributed by atoms with Crippen LogP contribution in [0.15, 0.2) is 0 Å². The largest absolute Gasteiger partial charge is 0.392 e. The summed E-state index contributed by atoms with van der Waals surface area (Å²) in [5, 5.41) is 9.73. The van der Waals surface area contributed by atoms with Gasteiger partial charge in [0.05, 0.1) is 6.10 Å². The van der Waals surface area contributed by atoms with Crippen LogP contribution in [0.1, 0.15) is 51.9 Å². The van der Waals surface area contributed by atoms with E-state index >= 15 is 0 Å². The SMILES string of the molecule is CCC1CCCCC1N1CCC[C@H](O)C1. The zero-order valence-corrected chi connectivity index (χ0v) is 9.99. The number of piperidine rings is 1. The number of nitrogens with zero attached hydrogens (tertiary/aromatic N) is 1. The summed E-state index contributed by atoms with van der Waals surface area (Å²) >= 11 is 0. The molecule has 2 rings (SSSR count). The molecule has 2 unspecified atom stereocenters. The lowest BCUT2D eigenvalue weighted by Crippen LogP contribution is -2.48. The van der Waals surface area contributed by atoms with Crippen molar-refractivity contribution in [3.63, 3.8) is 0 Å². The number of likely N-dealkylation sites (tertiary alicyclic amines) is 1. The smallest absolute Gasteiger partial charge is 0.0667 e. The van der Waals surface area contributed by atoms with Crippen molar-refractivity contribution in [3.8, 4) is 0 Å².